The first kappa shape index (κ1) is 14.1. The van der Waals surface area contributed by atoms with Crippen LogP contribution < -0.4 is 0 Å². The monoisotopic (exact) mass is 287 g/mol. The first-order chi connectivity index (χ1) is 10.2. The van der Waals surface area contributed by atoms with Crippen LogP contribution in [0.25, 0.3) is 0 Å². The first-order valence-corrected chi connectivity index (χ1v) is 7.54. The number of amides is 1. The number of ether oxygens (including phenoxy) is 1. The van der Waals surface area contributed by atoms with Crippen molar-refractivity contribution in [3.63, 3.8) is 0 Å². The van der Waals surface area contributed by atoms with E-state index in [9.17, 15) is 9.90 Å². The zero-order chi connectivity index (χ0) is 14.8. The maximum atomic E-state index is 12.8. The topological polar surface area (TPSA) is 49.8 Å². The molecule has 1 aromatic carbocycles. The van der Waals surface area contributed by atoms with Crippen molar-refractivity contribution in [3.05, 3.63) is 46.7 Å². The molecule has 0 unspecified atom stereocenters. The molecule has 2 aliphatic heterocycles. The minimum atomic E-state index is -0.246. The van der Waals surface area contributed by atoms with E-state index in [0.29, 0.717) is 13.2 Å². The fourth-order valence-electron chi connectivity index (χ4n) is 3.26. The third-order valence-electron chi connectivity index (χ3n) is 4.42. The standard InChI is InChI=1S/C17H21NO3/c1-12-14(7-4-10-21-12)17(20)18-9-8-13-5-2-3-6-15(13)16(18)11-19/h2-3,5-6,16,19H,4,7-11H2,1H3/t16-/m0/s1. The predicted octanol–water partition coefficient (Wildman–Crippen LogP) is 2.19. The predicted molar refractivity (Wildman–Crippen MR) is 79.6 cm³/mol. The Balaban J connectivity index is 1.91. The third kappa shape index (κ3) is 2.56. The summed E-state index contributed by atoms with van der Waals surface area (Å²) < 4.78 is 5.51. The first-order valence-electron chi connectivity index (χ1n) is 7.54. The van der Waals surface area contributed by atoms with E-state index in [4.69, 9.17) is 4.74 Å². The molecule has 0 radical (unpaired) electrons. The molecule has 4 nitrogen and oxygen atoms in total. The van der Waals surface area contributed by atoms with Crippen molar-refractivity contribution in [2.24, 2.45) is 0 Å². The summed E-state index contributed by atoms with van der Waals surface area (Å²) in [7, 11) is 0. The number of hydrogen-bond acceptors (Lipinski definition) is 3. The van der Waals surface area contributed by atoms with Gasteiger partial charge in [-0.3, -0.25) is 4.79 Å². The maximum Gasteiger partial charge on any atom is 0.253 e. The summed E-state index contributed by atoms with van der Waals surface area (Å²) in [6.45, 7) is 3.15. The fourth-order valence-corrected chi connectivity index (χ4v) is 3.26. The average molecular weight is 287 g/mol. The molecular weight excluding hydrogens is 266 g/mol. The van der Waals surface area contributed by atoms with Gasteiger partial charge in [0.1, 0.15) is 5.76 Å². The molecule has 1 aromatic rings. The quantitative estimate of drug-likeness (QED) is 0.907. The van der Waals surface area contributed by atoms with Crippen LogP contribution in [0.5, 0.6) is 0 Å². The lowest BCUT2D eigenvalue weighted by Crippen LogP contribution is -2.42. The average Bonchev–Trinajstić information content (AvgIpc) is 2.53. The Morgan fingerprint density at radius 3 is 2.95 bits per heavy atom. The molecule has 0 spiro atoms. The van der Waals surface area contributed by atoms with Gasteiger partial charge in [0.2, 0.25) is 0 Å². The zero-order valence-corrected chi connectivity index (χ0v) is 12.3. The van der Waals surface area contributed by atoms with E-state index in [1.54, 1.807) is 4.90 Å². The number of hydrogen-bond donors (Lipinski definition) is 1. The van der Waals surface area contributed by atoms with E-state index in [0.717, 1.165) is 36.2 Å². The number of rotatable bonds is 2. The molecule has 0 bridgehead atoms. The molecule has 2 heterocycles. The van der Waals surface area contributed by atoms with Gasteiger partial charge in [0.25, 0.3) is 5.91 Å². The van der Waals surface area contributed by atoms with E-state index in [1.807, 2.05) is 25.1 Å². The lowest BCUT2D eigenvalue weighted by atomic mass is 9.92. The summed E-state index contributed by atoms with van der Waals surface area (Å²) in [6.07, 6.45) is 2.49. The molecule has 1 amide bonds. The molecule has 0 aliphatic carbocycles. The minimum absolute atomic E-state index is 0.0146. The smallest absolute Gasteiger partial charge is 0.253 e. The number of fused-ring (bicyclic) bond motifs is 1. The highest BCUT2D eigenvalue weighted by atomic mass is 16.5. The van der Waals surface area contributed by atoms with Crippen molar-refractivity contribution in [1.29, 1.82) is 0 Å². The van der Waals surface area contributed by atoms with Crippen LogP contribution >= 0.6 is 0 Å². The normalized spacial score (nSPS) is 21.8. The Morgan fingerprint density at radius 2 is 2.19 bits per heavy atom. The number of nitrogens with zero attached hydrogens (tertiary/aromatic N) is 1. The second-order valence-electron chi connectivity index (χ2n) is 5.63. The lowest BCUT2D eigenvalue weighted by Gasteiger charge is -2.37. The van der Waals surface area contributed by atoms with Gasteiger partial charge in [-0.1, -0.05) is 24.3 Å². The maximum absolute atomic E-state index is 12.8. The number of benzene rings is 1. The molecular formula is C17H21NO3. The van der Waals surface area contributed by atoms with Crippen LogP contribution in [0.1, 0.15) is 36.9 Å². The summed E-state index contributed by atoms with van der Waals surface area (Å²) in [6, 6.07) is 7.81. The summed E-state index contributed by atoms with van der Waals surface area (Å²) in [5.41, 5.74) is 3.06. The highest BCUT2D eigenvalue weighted by molar-refractivity contribution is 5.94. The van der Waals surface area contributed by atoms with Gasteiger partial charge in [0, 0.05) is 6.54 Å². The van der Waals surface area contributed by atoms with Crippen molar-refractivity contribution < 1.29 is 14.6 Å². The number of aliphatic hydroxyl groups excluding tert-OH is 1. The van der Waals surface area contributed by atoms with E-state index >= 15 is 0 Å². The molecule has 0 saturated carbocycles. The van der Waals surface area contributed by atoms with Gasteiger partial charge in [0.15, 0.2) is 0 Å². The fraction of sp³-hybridized carbons (Fsp3) is 0.471. The van der Waals surface area contributed by atoms with Crippen molar-refractivity contribution in [2.75, 3.05) is 19.8 Å². The second kappa shape index (κ2) is 5.90. The van der Waals surface area contributed by atoms with Crippen LogP contribution in [-0.4, -0.2) is 35.7 Å². The van der Waals surface area contributed by atoms with Crippen LogP contribution in [0.4, 0.5) is 0 Å². The van der Waals surface area contributed by atoms with E-state index in [2.05, 4.69) is 6.07 Å². The second-order valence-corrected chi connectivity index (χ2v) is 5.63. The Morgan fingerprint density at radius 1 is 1.38 bits per heavy atom. The van der Waals surface area contributed by atoms with Crippen LogP contribution in [0, 0.1) is 0 Å². The van der Waals surface area contributed by atoms with Gasteiger partial charge < -0.3 is 14.7 Å². The SMILES string of the molecule is CC1=C(C(=O)N2CCc3ccccc3[C@@H]2CO)CCCO1. The minimum Gasteiger partial charge on any atom is -0.498 e. The molecule has 3 rings (SSSR count). The molecule has 1 N–H and O–H groups in total. The summed E-state index contributed by atoms with van der Waals surface area (Å²) >= 11 is 0. The highest BCUT2D eigenvalue weighted by Gasteiger charge is 2.32. The number of carbonyl (C=O) groups is 1. The van der Waals surface area contributed by atoms with Crippen molar-refractivity contribution in [2.45, 2.75) is 32.2 Å². The van der Waals surface area contributed by atoms with E-state index < -0.39 is 0 Å². The third-order valence-corrected chi connectivity index (χ3v) is 4.42. The number of allylic oxidation sites excluding steroid dienone is 1. The Kier molecular flexibility index (Phi) is 3.97. The lowest BCUT2D eigenvalue weighted by molar-refractivity contribution is -0.131. The van der Waals surface area contributed by atoms with E-state index in [1.165, 1.54) is 5.56 Å². The van der Waals surface area contributed by atoms with Crippen LogP contribution in [0.3, 0.4) is 0 Å². The summed E-state index contributed by atoms with van der Waals surface area (Å²) in [5.74, 6) is 0.752. The van der Waals surface area contributed by atoms with E-state index in [-0.39, 0.29) is 18.6 Å². The van der Waals surface area contributed by atoms with Crippen molar-refractivity contribution in [1.82, 2.24) is 4.90 Å². The van der Waals surface area contributed by atoms with Crippen LogP contribution in [-0.2, 0) is 16.0 Å². The highest BCUT2D eigenvalue weighted by Crippen LogP contribution is 2.32. The molecule has 112 valence electrons. The Bertz CT molecular complexity index is 579. The summed E-state index contributed by atoms with van der Waals surface area (Å²) in [5, 5.41) is 9.78. The van der Waals surface area contributed by atoms with Gasteiger partial charge in [-0.25, -0.2) is 0 Å². The van der Waals surface area contributed by atoms with Gasteiger partial charge in [-0.15, -0.1) is 0 Å². The largest absolute Gasteiger partial charge is 0.498 e. The van der Waals surface area contributed by atoms with Gasteiger partial charge in [0.05, 0.1) is 24.8 Å². The molecule has 21 heavy (non-hydrogen) atoms. The molecule has 1 atom stereocenters. The molecule has 4 heteroatoms. The van der Waals surface area contributed by atoms with Gasteiger partial charge >= 0.3 is 0 Å². The molecule has 0 aromatic heterocycles. The van der Waals surface area contributed by atoms with Crippen molar-refractivity contribution in [3.8, 4) is 0 Å². The zero-order valence-electron chi connectivity index (χ0n) is 12.3. The van der Waals surface area contributed by atoms with Crippen molar-refractivity contribution >= 4 is 5.91 Å². The van der Waals surface area contributed by atoms with Crippen LogP contribution in [0.15, 0.2) is 35.6 Å². The number of carbonyl (C=O) groups excluding carboxylic acids is 1. The number of aliphatic hydroxyl groups is 1. The van der Waals surface area contributed by atoms with Gasteiger partial charge in [-0.05, 0) is 37.3 Å². The molecule has 0 saturated heterocycles. The Labute approximate surface area is 125 Å². The van der Waals surface area contributed by atoms with Crippen LogP contribution in [0.2, 0.25) is 0 Å². The Hall–Kier alpha value is -1.81. The molecule has 2 aliphatic rings. The molecule has 0 fully saturated rings. The summed E-state index contributed by atoms with van der Waals surface area (Å²) in [4.78, 5) is 14.6. The van der Waals surface area contributed by atoms with Gasteiger partial charge in [-0.2, -0.15) is 0 Å².